The quantitative estimate of drug-likeness (QED) is 0.450. The van der Waals surface area contributed by atoms with Crippen molar-refractivity contribution in [3.63, 3.8) is 0 Å². The molecular weight excluding hydrogens is 336 g/mol. The van der Waals surface area contributed by atoms with E-state index in [-0.39, 0.29) is 23.7 Å². The van der Waals surface area contributed by atoms with E-state index in [4.69, 9.17) is 14.6 Å². The lowest BCUT2D eigenvalue weighted by atomic mass is 9.76. The van der Waals surface area contributed by atoms with Crippen LogP contribution in [0.3, 0.4) is 0 Å². The van der Waals surface area contributed by atoms with Gasteiger partial charge in [-0.25, -0.2) is 9.59 Å². The summed E-state index contributed by atoms with van der Waals surface area (Å²) in [4.78, 5) is 24.5. The zero-order valence-corrected chi connectivity index (χ0v) is 15.0. The minimum absolute atomic E-state index is 0.172. The molecule has 140 valence electrons. The number of hydrogen-bond donors (Lipinski definition) is 2. The average molecular weight is 360 g/mol. The van der Waals surface area contributed by atoms with E-state index in [1.165, 1.54) is 6.08 Å². The van der Waals surface area contributed by atoms with E-state index < -0.39 is 41.6 Å². The monoisotopic (exact) mass is 360 g/mol. The van der Waals surface area contributed by atoms with Crippen LogP contribution < -0.4 is 0 Å². The number of esters is 2. The van der Waals surface area contributed by atoms with Gasteiger partial charge in [-0.05, 0) is 19.9 Å². The molecule has 0 amide bonds. The number of carbonyl (C=O) groups is 2. The van der Waals surface area contributed by atoms with Crippen LogP contribution in [-0.4, -0.2) is 46.6 Å². The Morgan fingerprint density at radius 2 is 2.19 bits per heavy atom. The third-order valence-electron chi connectivity index (χ3n) is 5.63. The van der Waals surface area contributed by atoms with Crippen molar-refractivity contribution in [1.82, 2.24) is 0 Å². The molecule has 6 nitrogen and oxygen atoms in total. The molecule has 1 saturated heterocycles. The molecule has 3 aliphatic rings. The number of carbonyl (C=O) groups excluding carboxylic acids is 2. The Hall–Kier alpha value is -2.18. The molecule has 3 rings (SSSR count). The van der Waals surface area contributed by atoms with Gasteiger partial charge in [0, 0.05) is 29.4 Å². The first-order valence-electron chi connectivity index (χ1n) is 8.65. The first kappa shape index (κ1) is 18.6. The number of aliphatic hydroxyl groups is 2. The zero-order chi connectivity index (χ0) is 19.2. The van der Waals surface area contributed by atoms with Crippen molar-refractivity contribution in [3.05, 3.63) is 48.1 Å². The third-order valence-corrected chi connectivity index (χ3v) is 5.63. The second-order valence-corrected chi connectivity index (χ2v) is 7.43. The predicted octanol–water partition coefficient (Wildman–Crippen LogP) is 1.45. The van der Waals surface area contributed by atoms with E-state index in [0.29, 0.717) is 6.42 Å². The summed E-state index contributed by atoms with van der Waals surface area (Å²) in [7, 11) is 0. The Bertz CT molecular complexity index is 729. The molecule has 1 saturated carbocycles. The van der Waals surface area contributed by atoms with E-state index in [9.17, 15) is 14.7 Å². The fourth-order valence-electron chi connectivity index (χ4n) is 4.25. The first-order chi connectivity index (χ1) is 12.2. The minimum Gasteiger partial charge on any atom is -0.458 e. The summed E-state index contributed by atoms with van der Waals surface area (Å²) in [5.74, 6) is -2.23. The second-order valence-electron chi connectivity index (χ2n) is 7.43. The van der Waals surface area contributed by atoms with E-state index in [1.54, 1.807) is 19.9 Å². The van der Waals surface area contributed by atoms with Crippen molar-refractivity contribution in [2.24, 2.45) is 17.8 Å². The first-order valence-corrected chi connectivity index (χ1v) is 8.65. The van der Waals surface area contributed by atoms with Gasteiger partial charge in [-0.3, -0.25) is 0 Å². The number of hydrogen-bond acceptors (Lipinski definition) is 6. The largest absolute Gasteiger partial charge is 0.458 e. The van der Waals surface area contributed by atoms with Crippen LogP contribution in [0.1, 0.15) is 20.3 Å². The molecule has 0 aromatic rings. The second kappa shape index (κ2) is 6.52. The Morgan fingerprint density at radius 1 is 1.50 bits per heavy atom. The normalized spacial score (nSPS) is 39.3. The van der Waals surface area contributed by atoms with Crippen molar-refractivity contribution in [2.45, 2.75) is 38.1 Å². The highest BCUT2D eigenvalue weighted by Crippen LogP contribution is 2.51. The Labute approximate surface area is 152 Å². The maximum atomic E-state index is 12.3. The molecular formula is C20H24O6. The Balaban J connectivity index is 1.97. The number of rotatable bonds is 3. The van der Waals surface area contributed by atoms with Gasteiger partial charge in [-0.2, -0.15) is 0 Å². The summed E-state index contributed by atoms with van der Waals surface area (Å²) in [6.07, 6.45) is 3.97. The van der Waals surface area contributed by atoms with E-state index in [1.807, 2.05) is 6.08 Å². The predicted molar refractivity (Wildman–Crippen MR) is 93.7 cm³/mol. The SMILES string of the molecule is C=C1C(=O)O[C@H]2[C@H]1[C@H](OC(=O)/C(C)=C/CO)CC(=C)[C@@H]1C=C[C@@](C)(O)[C@H]21. The molecule has 1 aliphatic heterocycles. The van der Waals surface area contributed by atoms with E-state index in [0.717, 1.165) is 5.57 Å². The summed E-state index contributed by atoms with van der Waals surface area (Å²) < 4.78 is 11.2. The minimum atomic E-state index is -1.16. The molecule has 0 bridgehead atoms. The van der Waals surface area contributed by atoms with Gasteiger partial charge >= 0.3 is 11.9 Å². The van der Waals surface area contributed by atoms with Gasteiger partial charge in [-0.1, -0.05) is 30.9 Å². The van der Waals surface area contributed by atoms with Crippen LogP contribution >= 0.6 is 0 Å². The molecule has 0 aromatic carbocycles. The fourth-order valence-corrected chi connectivity index (χ4v) is 4.25. The van der Waals surface area contributed by atoms with Gasteiger partial charge in [0.25, 0.3) is 0 Å². The van der Waals surface area contributed by atoms with Crippen LogP contribution in [0.4, 0.5) is 0 Å². The molecule has 0 unspecified atom stereocenters. The topological polar surface area (TPSA) is 93.1 Å². The van der Waals surface area contributed by atoms with Crippen LogP contribution in [0.15, 0.2) is 48.1 Å². The average Bonchev–Trinajstić information content (AvgIpc) is 2.98. The van der Waals surface area contributed by atoms with Gasteiger partial charge in [0.05, 0.1) is 18.1 Å². The molecule has 2 fully saturated rings. The zero-order valence-electron chi connectivity index (χ0n) is 15.0. The molecule has 2 N–H and O–H groups in total. The molecule has 2 aliphatic carbocycles. The fraction of sp³-hybridized carbons (Fsp3) is 0.500. The highest BCUT2D eigenvalue weighted by atomic mass is 16.6. The van der Waals surface area contributed by atoms with Gasteiger partial charge in [0.2, 0.25) is 0 Å². The Kier molecular flexibility index (Phi) is 4.67. The number of ether oxygens (including phenoxy) is 2. The molecule has 1 heterocycles. The van der Waals surface area contributed by atoms with Crippen LogP contribution in [0.2, 0.25) is 0 Å². The van der Waals surface area contributed by atoms with E-state index >= 15 is 0 Å². The van der Waals surface area contributed by atoms with Crippen molar-refractivity contribution < 1.29 is 29.3 Å². The highest BCUT2D eigenvalue weighted by molar-refractivity contribution is 5.92. The molecule has 0 spiro atoms. The van der Waals surface area contributed by atoms with Crippen molar-refractivity contribution in [1.29, 1.82) is 0 Å². The summed E-state index contributed by atoms with van der Waals surface area (Å²) >= 11 is 0. The number of fused-ring (bicyclic) bond motifs is 3. The number of aliphatic hydroxyl groups excluding tert-OH is 1. The Morgan fingerprint density at radius 3 is 2.85 bits per heavy atom. The maximum absolute atomic E-state index is 12.3. The standard InChI is InChI=1S/C20H24O6/c1-10(6-8-21)18(22)25-14-9-11(2)13-5-7-20(4,24)16(13)17-15(14)12(3)19(23)26-17/h5-7,13-17,21,24H,2-3,8-9H2,1,4H3/b10-6+/t13-,14+,15+,16-,17-,20+/m0/s1. The van der Waals surface area contributed by atoms with Crippen molar-refractivity contribution in [3.8, 4) is 0 Å². The van der Waals surface area contributed by atoms with Crippen LogP contribution in [0, 0.1) is 17.8 Å². The summed E-state index contributed by atoms with van der Waals surface area (Å²) in [5, 5.41) is 19.7. The van der Waals surface area contributed by atoms with E-state index in [2.05, 4.69) is 13.2 Å². The lowest BCUT2D eigenvalue weighted by Crippen LogP contribution is -2.44. The molecule has 26 heavy (non-hydrogen) atoms. The molecule has 0 radical (unpaired) electrons. The third kappa shape index (κ3) is 2.93. The molecule has 6 heteroatoms. The van der Waals surface area contributed by atoms with Crippen LogP contribution in [0.5, 0.6) is 0 Å². The highest BCUT2D eigenvalue weighted by Gasteiger charge is 2.58. The van der Waals surface area contributed by atoms with Gasteiger partial charge in [-0.15, -0.1) is 0 Å². The smallest absolute Gasteiger partial charge is 0.334 e. The lowest BCUT2D eigenvalue weighted by Gasteiger charge is -2.34. The lowest BCUT2D eigenvalue weighted by molar-refractivity contribution is -0.151. The number of allylic oxidation sites excluding steroid dienone is 1. The van der Waals surface area contributed by atoms with Crippen LogP contribution in [0.25, 0.3) is 0 Å². The summed E-state index contributed by atoms with van der Waals surface area (Å²) in [6.45, 7) is 10.9. The van der Waals surface area contributed by atoms with Crippen molar-refractivity contribution in [2.75, 3.05) is 6.61 Å². The molecule has 6 atom stereocenters. The van der Waals surface area contributed by atoms with Gasteiger partial charge in [0.1, 0.15) is 12.2 Å². The summed E-state index contributed by atoms with van der Waals surface area (Å²) in [6, 6.07) is 0. The maximum Gasteiger partial charge on any atom is 0.334 e. The van der Waals surface area contributed by atoms with Gasteiger partial charge in [0.15, 0.2) is 0 Å². The summed E-state index contributed by atoms with van der Waals surface area (Å²) in [5.41, 5.74) is 0.172. The molecule has 0 aromatic heterocycles. The van der Waals surface area contributed by atoms with Gasteiger partial charge < -0.3 is 19.7 Å². The van der Waals surface area contributed by atoms with Crippen molar-refractivity contribution >= 4 is 11.9 Å². The van der Waals surface area contributed by atoms with Crippen LogP contribution in [-0.2, 0) is 19.1 Å².